The number of carbonyl (C=O) groups excluding carboxylic acids is 1. The topological polar surface area (TPSA) is 54.0 Å². The summed E-state index contributed by atoms with van der Waals surface area (Å²) in [7, 11) is 0. The Labute approximate surface area is 116 Å². The highest BCUT2D eigenvalue weighted by Gasteiger charge is 2.26. The Balaban J connectivity index is 2.77. The predicted molar refractivity (Wildman–Crippen MR) is 79.5 cm³/mol. The molecule has 19 heavy (non-hydrogen) atoms. The van der Waals surface area contributed by atoms with Crippen LogP contribution in [0.3, 0.4) is 0 Å². The fraction of sp³-hybridized carbons (Fsp3) is 0.600. The Morgan fingerprint density at radius 3 is 2.21 bits per heavy atom. The maximum atomic E-state index is 12.2. The zero-order valence-corrected chi connectivity index (χ0v) is 12.4. The van der Waals surface area contributed by atoms with Gasteiger partial charge in [0.15, 0.2) is 0 Å². The van der Waals surface area contributed by atoms with E-state index in [9.17, 15) is 4.79 Å². The van der Waals surface area contributed by atoms with Gasteiger partial charge in [-0.15, -0.1) is 0 Å². The van der Waals surface area contributed by atoms with Gasteiger partial charge in [-0.3, -0.25) is 4.79 Å². The number of hydrogen-bond donors (Lipinski definition) is 2. The van der Waals surface area contributed by atoms with Crippen LogP contribution >= 0.6 is 0 Å². The molecule has 1 rings (SSSR count). The quantitative estimate of drug-likeness (QED) is 0.794. The van der Waals surface area contributed by atoms with Crippen LogP contribution in [0.4, 0.5) is 5.69 Å². The molecule has 0 spiro atoms. The van der Waals surface area contributed by atoms with E-state index in [0.717, 1.165) is 31.5 Å². The molecule has 0 aliphatic heterocycles. The molecule has 1 aromatic rings. The molecule has 0 atom stereocenters. The molecule has 106 valence electrons. The first kappa shape index (κ1) is 15.5. The molecule has 0 saturated carbocycles. The van der Waals surface area contributed by atoms with E-state index in [1.807, 2.05) is 13.0 Å². The van der Waals surface area contributed by atoms with Crippen LogP contribution in [0.5, 0.6) is 0 Å². The number of anilines is 1. The summed E-state index contributed by atoms with van der Waals surface area (Å²) in [6.45, 7) is 9.19. The second kappa shape index (κ2) is 7.12. The van der Waals surface area contributed by atoms with Crippen molar-refractivity contribution in [2.45, 2.75) is 52.5 Å². The third-order valence-electron chi connectivity index (χ3n) is 3.79. The molecule has 0 unspecified atom stereocenters. The maximum absolute atomic E-state index is 12.2. The SMILES string of the molecule is CCNc1ccc(C(=O)NC(CC)(CC)CC)nc1. The molecule has 1 heterocycles. The van der Waals surface area contributed by atoms with Crippen molar-refractivity contribution < 1.29 is 4.79 Å². The lowest BCUT2D eigenvalue weighted by atomic mass is 9.89. The van der Waals surface area contributed by atoms with Gasteiger partial charge >= 0.3 is 0 Å². The third kappa shape index (κ3) is 3.94. The molecule has 2 N–H and O–H groups in total. The zero-order chi connectivity index (χ0) is 14.3. The maximum Gasteiger partial charge on any atom is 0.270 e. The minimum Gasteiger partial charge on any atom is -0.384 e. The van der Waals surface area contributed by atoms with Gasteiger partial charge in [-0.25, -0.2) is 4.98 Å². The lowest BCUT2D eigenvalue weighted by Gasteiger charge is -2.31. The summed E-state index contributed by atoms with van der Waals surface area (Å²) in [4.78, 5) is 16.4. The Bertz CT molecular complexity index is 388. The highest BCUT2D eigenvalue weighted by molar-refractivity contribution is 5.93. The third-order valence-corrected chi connectivity index (χ3v) is 3.79. The summed E-state index contributed by atoms with van der Waals surface area (Å²) in [5, 5.41) is 6.29. The van der Waals surface area contributed by atoms with E-state index in [1.54, 1.807) is 12.3 Å². The summed E-state index contributed by atoms with van der Waals surface area (Å²) in [5.74, 6) is -0.0893. The van der Waals surface area contributed by atoms with E-state index in [-0.39, 0.29) is 11.4 Å². The fourth-order valence-corrected chi connectivity index (χ4v) is 2.16. The first-order valence-corrected chi connectivity index (χ1v) is 7.13. The van der Waals surface area contributed by atoms with Crippen molar-refractivity contribution in [2.75, 3.05) is 11.9 Å². The highest BCUT2D eigenvalue weighted by Crippen LogP contribution is 2.19. The van der Waals surface area contributed by atoms with Crippen molar-refractivity contribution in [3.8, 4) is 0 Å². The largest absolute Gasteiger partial charge is 0.384 e. The van der Waals surface area contributed by atoms with Gasteiger partial charge in [-0.2, -0.15) is 0 Å². The molecule has 0 aliphatic rings. The Morgan fingerprint density at radius 1 is 1.16 bits per heavy atom. The van der Waals surface area contributed by atoms with Gasteiger partial charge in [0, 0.05) is 12.1 Å². The van der Waals surface area contributed by atoms with Gasteiger partial charge in [-0.05, 0) is 38.3 Å². The lowest BCUT2D eigenvalue weighted by molar-refractivity contribution is 0.0883. The van der Waals surface area contributed by atoms with Crippen LogP contribution in [-0.4, -0.2) is 23.0 Å². The minimum atomic E-state index is -0.112. The summed E-state index contributed by atoms with van der Waals surface area (Å²) < 4.78 is 0. The first-order valence-electron chi connectivity index (χ1n) is 7.13. The van der Waals surface area contributed by atoms with Crippen LogP contribution in [0.25, 0.3) is 0 Å². The van der Waals surface area contributed by atoms with Crippen LogP contribution in [0, 0.1) is 0 Å². The van der Waals surface area contributed by atoms with E-state index in [4.69, 9.17) is 0 Å². The molecule has 0 aliphatic carbocycles. The molecule has 4 heteroatoms. The van der Waals surface area contributed by atoms with Crippen molar-refractivity contribution in [2.24, 2.45) is 0 Å². The number of nitrogens with zero attached hydrogens (tertiary/aromatic N) is 1. The first-order chi connectivity index (χ1) is 9.10. The molecule has 1 aromatic heterocycles. The molecular formula is C15H25N3O. The molecule has 0 fully saturated rings. The normalized spacial score (nSPS) is 11.2. The van der Waals surface area contributed by atoms with Crippen LogP contribution in [0.2, 0.25) is 0 Å². The number of hydrogen-bond acceptors (Lipinski definition) is 3. The summed E-state index contributed by atoms with van der Waals surface area (Å²) >= 11 is 0. The second-order valence-corrected chi connectivity index (χ2v) is 4.76. The molecule has 0 radical (unpaired) electrons. The van der Waals surface area contributed by atoms with Gasteiger partial charge in [0.25, 0.3) is 5.91 Å². The highest BCUT2D eigenvalue weighted by atomic mass is 16.2. The number of carbonyl (C=O) groups is 1. The van der Waals surface area contributed by atoms with Crippen LogP contribution < -0.4 is 10.6 Å². The molecule has 0 aromatic carbocycles. The molecular weight excluding hydrogens is 238 g/mol. The molecule has 4 nitrogen and oxygen atoms in total. The summed E-state index contributed by atoms with van der Waals surface area (Å²) in [5.41, 5.74) is 1.30. The monoisotopic (exact) mass is 263 g/mol. The standard InChI is InChI=1S/C15H25N3O/c1-5-15(6-2,7-3)18-14(19)13-10-9-12(11-17-13)16-8-4/h9-11,16H,5-8H2,1-4H3,(H,18,19). The Hall–Kier alpha value is -1.58. The number of aromatic nitrogens is 1. The van der Waals surface area contributed by atoms with Gasteiger partial charge in [0.1, 0.15) is 5.69 Å². The van der Waals surface area contributed by atoms with Crippen LogP contribution in [0.15, 0.2) is 18.3 Å². The average Bonchev–Trinajstić information content (AvgIpc) is 2.46. The lowest BCUT2D eigenvalue weighted by Crippen LogP contribution is -2.47. The van der Waals surface area contributed by atoms with Crippen molar-refractivity contribution >= 4 is 11.6 Å². The summed E-state index contributed by atoms with van der Waals surface area (Å²) in [6, 6.07) is 3.65. The smallest absolute Gasteiger partial charge is 0.270 e. The minimum absolute atomic E-state index is 0.0893. The van der Waals surface area contributed by atoms with E-state index in [2.05, 4.69) is 36.4 Å². The van der Waals surface area contributed by atoms with Crippen molar-refractivity contribution in [3.05, 3.63) is 24.0 Å². The Morgan fingerprint density at radius 2 is 1.79 bits per heavy atom. The van der Waals surface area contributed by atoms with Gasteiger partial charge in [-0.1, -0.05) is 20.8 Å². The number of rotatable bonds is 7. The van der Waals surface area contributed by atoms with Gasteiger partial charge in [0.05, 0.1) is 11.9 Å². The van der Waals surface area contributed by atoms with E-state index in [0.29, 0.717) is 5.69 Å². The molecule has 0 saturated heterocycles. The van der Waals surface area contributed by atoms with E-state index in [1.165, 1.54) is 0 Å². The molecule has 1 amide bonds. The number of nitrogens with one attached hydrogen (secondary N) is 2. The number of amides is 1. The Kier molecular flexibility index (Phi) is 5.80. The fourth-order valence-electron chi connectivity index (χ4n) is 2.16. The molecule has 0 bridgehead atoms. The van der Waals surface area contributed by atoms with Crippen molar-refractivity contribution in [1.29, 1.82) is 0 Å². The van der Waals surface area contributed by atoms with Crippen LogP contribution in [0.1, 0.15) is 57.4 Å². The average molecular weight is 263 g/mol. The summed E-state index contributed by atoms with van der Waals surface area (Å²) in [6.07, 6.45) is 4.49. The number of pyridine rings is 1. The predicted octanol–water partition coefficient (Wildman–Crippen LogP) is 3.21. The van der Waals surface area contributed by atoms with Crippen molar-refractivity contribution in [3.63, 3.8) is 0 Å². The van der Waals surface area contributed by atoms with E-state index < -0.39 is 0 Å². The van der Waals surface area contributed by atoms with Crippen molar-refractivity contribution in [1.82, 2.24) is 10.3 Å². The van der Waals surface area contributed by atoms with Gasteiger partial charge < -0.3 is 10.6 Å². The second-order valence-electron chi connectivity index (χ2n) is 4.76. The van der Waals surface area contributed by atoms with Gasteiger partial charge in [0.2, 0.25) is 0 Å². The van der Waals surface area contributed by atoms with E-state index >= 15 is 0 Å². The van der Waals surface area contributed by atoms with Crippen LogP contribution in [-0.2, 0) is 0 Å². The zero-order valence-electron chi connectivity index (χ0n) is 12.4.